The third-order valence-electron chi connectivity index (χ3n) is 4.69. The van der Waals surface area contributed by atoms with Crippen molar-refractivity contribution in [3.8, 4) is 0 Å². The molecule has 0 radical (unpaired) electrons. The van der Waals surface area contributed by atoms with Crippen LogP contribution in [0.3, 0.4) is 0 Å². The maximum absolute atomic E-state index is 10.8. The molecule has 0 aliphatic carbocycles. The Kier molecular flexibility index (Phi) is 4.63. The number of hydrogen-bond donors (Lipinski definition) is 1. The summed E-state index contributed by atoms with van der Waals surface area (Å²) in [7, 11) is 0. The van der Waals surface area contributed by atoms with E-state index in [1.54, 1.807) is 12.1 Å². The Morgan fingerprint density at radius 1 is 1.29 bits per heavy atom. The van der Waals surface area contributed by atoms with Crippen LogP contribution >= 0.6 is 22.6 Å². The van der Waals surface area contributed by atoms with Gasteiger partial charge in [0.1, 0.15) is 0 Å². The van der Waals surface area contributed by atoms with E-state index in [9.17, 15) is 10.1 Å². The van der Waals surface area contributed by atoms with E-state index in [4.69, 9.17) is 0 Å². The van der Waals surface area contributed by atoms with Gasteiger partial charge in [0.05, 0.1) is 10.6 Å². The molecule has 2 heterocycles. The van der Waals surface area contributed by atoms with Gasteiger partial charge >= 0.3 is 0 Å². The van der Waals surface area contributed by atoms with Gasteiger partial charge in [-0.1, -0.05) is 0 Å². The highest BCUT2D eigenvalue weighted by Crippen LogP contribution is 2.32. The molecule has 2 aliphatic rings. The molecule has 2 aliphatic heterocycles. The Labute approximate surface area is 138 Å². The first-order chi connectivity index (χ1) is 10.1. The normalized spacial score (nSPS) is 23.5. The predicted octanol–water partition coefficient (Wildman–Crippen LogP) is 3.17. The standard InChI is InChI=1S/C15H20IN3O2/c16-13-10-12(19(20)21)3-4-15(13)18-8-5-11(6-9-18)14-2-1-7-17-14/h3-4,10-11,14,17H,1-2,5-9H2. The van der Waals surface area contributed by atoms with Crippen molar-refractivity contribution in [1.29, 1.82) is 0 Å². The van der Waals surface area contributed by atoms with Gasteiger partial charge in [-0.3, -0.25) is 10.1 Å². The Balaban J connectivity index is 1.65. The van der Waals surface area contributed by atoms with Crippen LogP contribution in [0.4, 0.5) is 11.4 Å². The maximum atomic E-state index is 10.8. The van der Waals surface area contributed by atoms with Crippen molar-refractivity contribution in [2.24, 2.45) is 5.92 Å². The van der Waals surface area contributed by atoms with Crippen molar-refractivity contribution in [2.75, 3.05) is 24.5 Å². The van der Waals surface area contributed by atoms with Gasteiger partial charge in [0, 0.05) is 34.8 Å². The van der Waals surface area contributed by atoms with Crippen LogP contribution in [0, 0.1) is 19.6 Å². The molecule has 2 saturated heterocycles. The van der Waals surface area contributed by atoms with Crippen LogP contribution in [-0.2, 0) is 0 Å². The molecule has 6 heteroatoms. The first kappa shape index (κ1) is 15.0. The number of nitrogens with zero attached hydrogens (tertiary/aromatic N) is 2. The number of nitro benzene ring substituents is 1. The molecule has 2 fully saturated rings. The van der Waals surface area contributed by atoms with Gasteiger partial charge in [0.15, 0.2) is 0 Å². The molecule has 1 atom stereocenters. The Bertz CT molecular complexity index is 524. The van der Waals surface area contributed by atoms with E-state index >= 15 is 0 Å². The van der Waals surface area contributed by atoms with Gasteiger partial charge in [-0.25, -0.2) is 0 Å². The lowest BCUT2D eigenvalue weighted by molar-refractivity contribution is -0.384. The van der Waals surface area contributed by atoms with Crippen molar-refractivity contribution >= 4 is 34.0 Å². The summed E-state index contributed by atoms with van der Waals surface area (Å²) in [6.45, 7) is 3.28. The van der Waals surface area contributed by atoms with Gasteiger partial charge in [0.25, 0.3) is 5.69 Å². The van der Waals surface area contributed by atoms with E-state index in [-0.39, 0.29) is 10.6 Å². The van der Waals surface area contributed by atoms with Crippen LogP contribution in [0.25, 0.3) is 0 Å². The quantitative estimate of drug-likeness (QED) is 0.480. The second-order valence-electron chi connectivity index (χ2n) is 5.92. The first-order valence-electron chi connectivity index (χ1n) is 7.57. The molecular weight excluding hydrogens is 381 g/mol. The van der Waals surface area contributed by atoms with Crippen molar-refractivity contribution < 1.29 is 4.92 Å². The van der Waals surface area contributed by atoms with E-state index in [0.717, 1.165) is 28.3 Å². The monoisotopic (exact) mass is 401 g/mol. The molecule has 0 bridgehead atoms. The van der Waals surface area contributed by atoms with Gasteiger partial charge in [0.2, 0.25) is 0 Å². The Morgan fingerprint density at radius 2 is 2.05 bits per heavy atom. The summed E-state index contributed by atoms with van der Waals surface area (Å²) in [4.78, 5) is 12.9. The molecule has 0 amide bonds. The summed E-state index contributed by atoms with van der Waals surface area (Å²) in [5, 5.41) is 14.4. The average Bonchev–Trinajstić information content (AvgIpc) is 3.01. The highest BCUT2D eigenvalue weighted by Gasteiger charge is 2.29. The summed E-state index contributed by atoms with van der Waals surface area (Å²) in [5.41, 5.74) is 1.31. The van der Waals surface area contributed by atoms with E-state index in [0.29, 0.717) is 6.04 Å². The molecule has 21 heavy (non-hydrogen) atoms. The average molecular weight is 401 g/mol. The third-order valence-corrected chi connectivity index (χ3v) is 5.55. The lowest BCUT2D eigenvalue weighted by atomic mass is 9.88. The number of nitrogens with one attached hydrogen (secondary N) is 1. The summed E-state index contributed by atoms with van der Waals surface area (Å²) in [5.74, 6) is 0.791. The lowest BCUT2D eigenvalue weighted by Gasteiger charge is -2.36. The van der Waals surface area contributed by atoms with Crippen molar-refractivity contribution in [2.45, 2.75) is 31.7 Å². The predicted molar refractivity (Wildman–Crippen MR) is 91.8 cm³/mol. The number of hydrogen-bond acceptors (Lipinski definition) is 4. The smallest absolute Gasteiger partial charge is 0.270 e. The van der Waals surface area contributed by atoms with E-state index in [1.165, 1.54) is 32.2 Å². The second kappa shape index (κ2) is 6.48. The van der Waals surface area contributed by atoms with Crippen LogP contribution in [0.1, 0.15) is 25.7 Å². The third kappa shape index (κ3) is 3.31. The largest absolute Gasteiger partial charge is 0.371 e. The van der Waals surface area contributed by atoms with Gasteiger partial charge in [-0.2, -0.15) is 0 Å². The summed E-state index contributed by atoms with van der Waals surface area (Å²) < 4.78 is 0.972. The minimum absolute atomic E-state index is 0.174. The highest BCUT2D eigenvalue weighted by molar-refractivity contribution is 14.1. The van der Waals surface area contributed by atoms with Crippen LogP contribution in [0.2, 0.25) is 0 Å². The Morgan fingerprint density at radius 3 is 2.62 bits per heavy atom. The molecule has 1 unspecified atom stereocenters. The molecule has 5 nitrogen and oxygen atoms in total. The van der Waals surface area contributed by atoms with E-state index in [2.05, 4.69) is 32.8 Å². The van der Waals surface area contributed by atoms with Crippen molar-refractivity contribution in [3.63, 3.8) is 0 Å². The minimum Gasteiger partial charge on any atom is -0.371 e. The molecule has 0 saturated carbocycles. The first-order valence-corrected chi connectivity index (χ1v) is 8.65. The highest BCUT2D eigenvalue weighted by atomic mass is 127. The fraction of sp³-hybridized carbons (Fsp3) is 0.600. The fourth-order valence-electron chi connectivity index (χ4n) is 3.52. The SMILES string of the molecule is O=[N+]([O-])c1ccc(N2CCC(C3CCCN3)CC2)c(I)c1. The molecule has 114 valence electrons. The van der Waals surface area contributed by atoms with Crippen molar-refractivity contribution in [3.05, 3.63) is 31.9 Å². The zero-order chi connectivity index (χ0) is 14.8. The van der Waals surface area contributed by atoms with Gasteiger partial charge in [-0.15, -0.1) is 0 Å². The van der Waals surface area contributed by atoms with Crippen molar-refractivity contribution in [1.82, 2.24) is 5.32 Å². The topological polar surface area (TPSA) is 58.4 Å². The number of anilines is 1. The number of rotatable bonds is 3. The molecule has 0 spiro atoms. The summed E-state index contributed by atoms with van der Waals surface area (Å²) >= 11 is 2.21. The number of piperidine rings is 1. The molecule has 0 aromatic heterocycles. The molecule has 3 rings (SSSR count). The minimum atomic E-state index is -0.329. The van der Waals surface area contributed by atoms with Crippen LogP contribution in [0.5, 0.6) is 0 Å². The van der Waals surface area contributed by atoms with Crippen LogP contribution in [-0.4, -0.2) is 30.6 Å². The van der Waals surface area contributed by atoms with E-state index < -0.39 is 0 Å². The Hall–Kier alpha value is -0.890. The number of nitro groups is 1. The summed E-state index contributed by atoms with van der Waals surface area (Å²) in [6.07, 6.45) is 5.06. The number of halogens is 1. The van der Waals surface area contributed by atoms with Gasteiger partial charge < -0.3 is 10.2 Å². The van der Waals surface area contributed by atoms with Crippen LogP contribution < -0.4 is 10.2 Å². The number of non-ortho nitro benzene ring substituents is 1. The van der Waals surface area contributed by atoms with Gasteiger partial charge in [-0.05, 0) is 66.8 Å². The fourth-order valence-corrected chi connectivity index (χ4v) is 4.36. The summed E-state index contributed by atoms with van der Waals surface area (Å²) in [6, 6.07) is 5.89. The zero-order valence-electron chi connectivity index (χ0n) is 11.9. The molecule has 1 aromatic rings. The zero-order valence-corrected chi connectivity index (χ0v) is 14.1. The molecule has 1 aromatic carbocycles. The molecule has 1 N–H and O–H groups in total. The lowest BCUT2D eigenvalue weighted by Crippen LogP contribution is -2.41. The number of benzene rings is 1. The molecular formula is C15H20IN3O2. The maximum Gasteiger partial charge on any atom is 0.270 e. The second-order valence-corrected chi connectivity index (χ2v) is 7.08. The van der Waals surface area contributed by atoms with E-state index in [1.807, 2.05) is 6.07 Å². The van der Waals surface area contributed by atoms with Crippen LogP contribution in [0.15, 0.2) is 18.2 Å².